The number of carbonyl (C=O) groups is 2. The minimum atomic E-state index is -0.472. The Bertz CT molecular complexity index is 552. The monoisotopic (exact) mass is 288 g/mol. The van der Waals surface area contributed by atoms with Gasteiger partial charge >= 0.3 is 12.0 Å². The van der Waals surface area contributed by atoms with E-state index in [4.69, 9.17) is 4.74 Å². The fourth-order valence-electron chi connectivity index (χ4n) is 2.41. The van der Waals surface area contributed by atoms with E-state index in [1.165, 1.54) is 0 Å². The summed E-state index contributed by atoms with van der Waals surface area (Å²) in [5.41, 5.74) is 2.00. The van der Waals surface area contributed by atoms with E-state index in [-0.39, 0.29) is 12.0 Å². The number of benzene rings is 1. The number of rotatable bonds is 5. The van der Waals surface area contributed by atoms with E-state index in [0.29, 0.717) is 24.3 Å². The van der Waals surface area contributed by atoms with Gasteiger partial charge in [0.2, 0.25) is 0 Å². The van der Waals surface area contributed by atoms with E-state index in [2.05, 4.69) is 10.6 Å². The molecular weight excluding hydrogens is 268 g/mol. The van der Waals surface area contributed by atoms with Gasteiger partial charge in [0.05, 0.1) is 18.2 Å². The molecule has 5 heteroatoms. The first kappa shape index (κ1) is 15.1. The van der Waals surface area contributed by atoms with Gasteiger partial charge in [-0.05, 0) is 18.9 Å². The quantitative estimate of drug-likeness (QED) is 0.818. The minimum absolute atomic E-state index is 0.291. The molecule has 0 saturated carbocycles. The topological polar surface area (TPSA) is 67.4 Å². The molecule has 1 aromatic rings. The summed E-state index contributed by atoms with van der Waals surface area (Å²) in [4.78, 5) is 24.2. The molecule has 2 N–H and O–H groups in total. The van der Waals surface area contributed by atoms with Gasteiger partial charge in [-0.15, -0.1) is 0 Å². The zero-order valence-electron chi connectivity index (χ0n) is 12.3. The predicted octanol–water partition coefficient (Wildman–Crippen LogP) is 2.66. The highest BCUT2D eigenvalue weighted by atomic mass is 16.5. The van der Waals surface area contributed by atoms with Gasteiger partial charge in [-0.2, -0.15) is 0 Å². The average molecular weight is 288 g/mol. The Labute approximate surface area is 124 Å². The third-order valence-electron chi connectivity index (χ3n) is 3.28. The van der Waals surface area contributed by atoms with E-state index in [1.54, 1.807) is 6.92 Å². The maximum absolute atomic E-state index is 12.3. The summed E-state index contributed by atoms with van der Waals surface area (Å²) in [5, 5.41) is 5.54. The summed E-state index contributed by atoms with van der Waals surface area (Å²) < 4.78 is 5.16. The molecule has 0 saturated heterocycles. The third-order valence-corrected chi connectivity index (χ3v) is 3.28. The van der Waals surface area contributed by atoms with Gasteiger partial charge in [0.25, 0.3) is 0 Å². The fourth-order valence-corrected chi connectivity index (χ4v) is 2.41. The van der Waals surface area contributed by atoms with Crippen LogP contribution in [0.2, 0.25) is 0 Å². The molecule has 1 heterocycles. The van der Waals surface area contributed by atoms with E-state index < -0.39 is 6.04 Å². The normalized spacial score (nSPS) is 18.0. The molecule has 0 unspecified atom stereocenters. The molecule has 21 heavy (non-hydrogen) atoms. The lowest BCUT2D eigenvalue weighted by Crippen LogP contribution is -2.46. The molecule has 0 spiro atoms. The van der Waals surface area contributed by atoms with Crippen molar-refractivity contribution < 1.29 is 14.3 Å². The number of allylic oxidation sites excluding steroid dienone is 1. The average Bonchev–Trinajstić information content (AvgIpc) is 2.48. The standard InChI is InChI=1S/C16H20N2O3/c1-3-8-12-13(15(19)21-4-2)14(18-16(20)17-12)11-9-6-5-7-10-11/h5-7,9-10,14H,3-4,8H2,1-2H3,(H2,17,18,20)/t14-/m0/s1. The van der Waals surface area contributed by atoms with Gasteiger partial charge in [-0.25, -0.2) is 9.59 Å². The van der Waals surface area contributed by atoms with Crippen molar-refractivity contribution in [2.24, 2.45) is 0 Å². The lowest BCUT2D eigenvalue weighted by Gasteiger charge is -2.29. The van der Waals surface area contributed by atoms with Crippen LogP contribution in [0.4, 0.5) is 4.79 Å². The Morgan fingerprint density at radius 2 is 1.95 bits per heavy atom. The molecule has 0 aromatic heterocycles. The van der Waals surface area contributed by atoms with Crippen LogP contribution in [0, 0.1) is 0 Å². The first-order chi connectivity index (χ1) is 10.2. The molecule has 0 bridgehead atoms. The first-order valence-electron chi connectivity index (χ1n) is 7.20. The predicted molar refractivity (Wildman–Crippen MR) is 79.4 cm³/mol. The summed E-state index contributed by atoms with van der Waals surface area (Å²) in [5.74, 6) is -0.387. The second-order valence-electron chi connectivity index (χ2n) is 4.80. The number of hydrogen-bond donors (Lipinski definition) is 2. The van der Waals surface area contributed by atoms with Gasteiger partial charge in [-0.1, -0.05) is 43.7 Å². The number of nitrogens with one attached hydrogen (secondary N) is 2. The maximum Gasteiger partial charge on any atom is 0.338 e. The fraction of sp³-hybridized carbons (Fsp3) is 0.375. The van der Waals surface area contributed by atoms with Crippen LogP contribution in [0.1, 0.15) is 38.3 Å². The summed E-state index contributed by atoms with van der Waals surface area (Å²) in [6.07, 6.45) is 1.46. The Balaban J connectivity index is 2.46. The number of hydrogen-bond acceptors (Lipinski definition) is 3. The highest BCUT2D eigenvalue weighted by Gasteiger charge is 2.33. The van der Waals surface area contributed by atoms with Crippen LogP contribution >= 0.6 is 0 Å². The van der Waals surface area contributed by atoms with E-state index in [9.17, 15) is 9.59 Å². The Hall–Kier alpha value is -2.30. The summed E-state index contributed by atoms with van der Waals surface area (Å²) >= 11 is 0. The second-order valence-corrected chi connectivity index (χ2v) is 4.80. The molecule has 1 atom stereocenters. The van der Waals surface area contributed by atoms with Crippen LogP contribution in [0.15, 0.2) is 41.6 Å². The van der Waals surface area contributed by atoms with Gasteiger partial charge in [0.15, 0.2) is 0 Å². The molecule has 1 aliphatic rings. The zero-order valence-corrected chi connectivity index (χ0v) is 12.3. The SMILES string of the molecule is CCCC1=C(C(=O)OCC)[C@H](c2ccccc2)NC(=O)N1. The Kier molecular flexibility index (Phi) is 4.98. The van der Waals surface area contributed by atoms with Crippen molar-refractivity contribution in [3.05, 3.63) is 47.2 Å². The second kappa shape index (κ2) is 6.92. The molecule has 0 fully saturated rings. The van der Waals surface area contributed by atoms with Crippen LogP contribution in [0.5, 0.6) is 0 Å². The lowest BCUT2D eigenvalue weighted by atomic mass is 9.94. The van der Waals surface area contributed by atoms with Crippen molar-refractivity contribution in [3.63, 3.8) is 0 Å². The minimum Gasteiger partial charge on any atom is -0.463 e. The molecule has 1 aliphatic heterocycles. The summed E-state index contributed by atoms with van der Waals surface area (Å²) in [6, 6.07) is 8.67. The van der Waals surface area contributed by atoms with Crippen LogP contribution in [0.25, 0.3) is 0 Å². The van der Waals surface area contributed by atoms with Gasteiger partial charge in [0.1, 0.15) is 0 Å². The van der Waals surface area contributed by atoms with Crippen molar-refractivity contribution >= 4 is 12.0 Å². The highest BCUT2D eigenvalue weighted by molar-refractivity contribution is 5.95. The zero-order chi connectivity index (χ0) is 15.2. The molecule has 0 aliphatic carbocycles. The van der Waals surface area contributed by atoms with Crippen molar-refractivity contribution in [2.75, 3.05) is 6.61 Å². The van der Waals surface area contributed by atoms with Crippen LogP contribution < -0.4 is 10.6 Å². The molecular formula is C16H20N2O3. The third kappa shape index (κ3) is 3.42. The first-order valence-corrected chi connectivity index (χ1v) is 7.20. The molecule has 2 rings (SSSR count). The van der Waals surface area contributed by atoms with Crippen LogP contribution in [0.3, 0.4) is 0 Å². The van der Waals surface area contributed by atoms with Gasteiger partial charge in [-0.3, -0.25) is 0 Å². The molecule has 0 radical (unpaired) electrons. The Morgan fingerprint density at radius 1 is 1.24 bits per heavy atom. The number of urea groups is 1. The van der Waals surface area contributed by atoms with E-state index in [0.717, 1.165) is 12.0 Å². The van der Waals surface area contributed by atoms with Crippen LogP contribution in [-0.4, -0.2) is 18.6 Å². The lowest BCUT2D eigenvalue weighted by molar-refractivity contribution is -0.139. The van der Waals surface area contributed by atoms with Crippen molar-refractivity contribution in [1.29, 1.82) is 0 Å². The van der Waals surface area contributed by atoms with Crippen LogP contribution in [-0.2, 0) is 9.53 Å². The largest absolute Gasteiger partial charge is 0.463 e. The smallest absolute Gasteiger partial charge is 0.338 e. The molecule has 1 aromatic carbocycles. The molecule has 112 valence electrons. The van der Waals surface area contributed by atoms with Gasteiger partial charge in [0, 0.05) is 5.70 Å². The van der Waals surface area contributed by atoms with Crippen molar-refractivity contribution in [2.45, 2.75) is 32.7 Å². The van der Waals surface area contributed by atoms with Gasteiger partial charge < -0.3 is 15.4 Å². The van der Waals surface area contributed by atoms with Crippen molar-refractivity contribution in [3.8, 4) is 0 Å². The number of esters is 1. The van der Waals surface area contributed by atoms with Crippen molar-refractivity contribution in [1.82, 2.24) is 10.6 Å². The maximum atomic E-state index is 12.3. The number of amides is 2. The molecule has 5 nitrogen and oxygen atoms in total. The number of ether oxygens (including phenoxy) is 1. The summed E-state index contributed by atoms with van der Waals surface area (Å²) in [6.45, 7) is 4.07. The summed E-state index contributed by atoms with van der Waals surface area (Å²) in [7, 11) is 0. The molecule has 2 amide bonds. The van der Waals surface area contributed by atoms with E-state index in [1.807, 2.05) is 37.3 Å². The van der Waals surface area contributed by atoms with E-state index >= 15 is 0 Å². The Morgan fingerprint density at radius 3 is 2.57 bits per heavy atom. The highest BCUT2D eigenvalue weighted by Crippen LogP contribution is 2.29. The number of carbonyl (C=O) groups excluding carboxylic acids is 2.